The fourth-order valence-electron chi connectivity index (χ4n) is 1.96. The number of carboxylic acids is 1. The predicted molar refractivity (Wildman–Crippen MR) is 71.5 cm³/mol. The minimum atomic E-state index is -0.905. The number of nitrogens with one attached hydrogen (secondary N) is 1. The van der Waals surface area contributed by atoms with Crippen molar-refractivity contribution < 1.29 is 9.90 Å². The third kappa shape index (κ3) is 3.33. The Labute approximate surface area is 109 Å². The van der Waals surface area contributed by atoms with E-state index >= 15 is 0 Å². The van der Waals surface area contributed by atoms with Crippen LogP contribution in [0.25, 0.3) is 0 Å². The molecule has 90 valence electrons. The van der Waals surface area contributed by atoms with Crippen molar-refractivity contribution in [2.45, 2.75) is 25.3 Å². The molecule has 2 rings (SSSR count). The van der Waals surface area contributed by atoms with Gasteiger partial charge in [-0.1, -0.05) is 28.1 Å². The number of anilines is 1. The van der Waals surface area contributed by atoms with E-state index in [0.717, 1.165) is 29.4 Å². The molecular weight excluding hydrogens is 282 g/mol. The van der Waals surface area contributed by atoms with E-state index in [1.54, 1.807) is 12.1 Å². The lowest BCUT2D eigenvalue weighted by molar-refractivity contribution is 0.0697. The second-order valence-electron chi connectivity index (χ2n) is 4.16. The van der Waals surface area contributed by atoms with Crippen molar-refractivity contribution >= 4 is 27.6 Å². The van der Waals surface area contributed by atoms with Crippen LogP contribution in [-0.4, -0.2) is 17.1 Å². The van der Waals surface area contributed by atoms with E-state index in [2.05, 4.69) is 33.4 Å². The molecule has 0 radical (unpaired) electrons. The van der Waals surface area contributed by atoms with E-state index in [1.165, 1.54) is 0 Å². The first kappa shape index (κ1) is 12.2. The van der Waals surface area contributed by atoms with Gasteiger partial charge in [0, 0.05) is 16.2 Å². The standard InChI is InChI=1S/C13H14BrNO2/c14-10-6-9(13(16)17)7-12(8-10)15-11-4-2-1-3-5-11/h1-2,6-8,11,15H,3-5H2,(H,16,17). The summed E-state index contributed by atoms with van der Waals surface area (Å²) in [6.45, 7) is 0. The predicted octanol–water partition coefficient (Wildman–Crippen LogP) is 3.67. The summed E-state index contributed by atoms with van der Waals surface area (Å²) >= 11 is 3.33. The highest BCUT2D eigenvalue weighted by Gasteiger charge is 2.11. The summed E-state index contributed by atoms with van der Waals surface area (Å²) in [5, 5.41) is 12.4. The van der Waals surface area contributed by atoms with Gasteiger partial charge < -0.3 is 10.4 Å². The topological polar surface area (TPSA) is 49.3 Å². The molecule has 0 spiro atoms. The maximum absolute atomic E-state index is 10.9. The van der Waals surface area contributed by atoms with Gasteiger partial charge >= 0.3 is 5.97 Å². The molecule has 0 bridgehead atoms. The molecule has 1 atom stereocenters. The Bertz CT molecular complexity index is 457. The average Bonchev–Trinajstić information content (AvgIpc) is 2.29. The van der Waals surface area contributed by atoms with Crippen LogP contribution in [0.5, 0.6) is 0 Å². The minimum Gasteiger partial charge on any atom is -0.478 e. The van der Waals surface area contributed by atoms with Crippen molar-refractivity contribution in [3.63, 3.8) is 0 Å². The number of carbonyl (C=O) groups is 1. The lowest BCUT2D eigenvalue weighted by Crippen LogP contribution is -2.20. The number of halogens is 1. The van der Waals surface area contributed by atoms with Gasteiger partial charge in [-0.15, -0.1) is 0 Å². The van der Waals surface area contributed by atoms with Crippen LogP contribution in [0.4, 0.5) is 5.69 Å². The summed E-state index contributed by atoms with van der Waals surface area (Å²) in [6.07, 6.45) is 7.51. The van der Waals surface area contributed by atoms with E-state index in [-0.39, 0.29) is 0 Å². The van der Waals surface area contributed by atoms with Crippen LogP contribution in [0.15, 0.2) is 34.8 Å². The highest BCUT2D eigenvalue weighted by molar-refractivity contribution is 9.10. The molecule has 17 heavy (non-hydrogen) atoms. The second kappa shape index (κ2) is 5.36. The maximum atomic E-state index is 10.9. The summed E-state index contributed by atoms with van der Waals surface area (Å²) in [4.78, 5) is 10.9. The average molecular weight is 296 g/mol. The Hall–Kier alpha value is -1.29. The van der Waals surface area contributed by atoms with E-state index in [0.29, 0.717) is 11.6 Å². The van der Waals surface area contributed by atoms with Crippen molar-refractivity contribution in [1.29, 1.82) is 0 Å². The molecule has 0 heterocycles. The number of benzene rings is 1. The van der Waals surface area contributed by atoms with Crippen LogP contribution in [0, 0.1) is 0 Å². The highest BCUT2D eigenvalue weighted by Crippen LogP contribution is 2.23. The molecule has 0 aliphatic heterocycles. The molecule has 1 aliphatic rings. The minimum absolute atomic E-state index is 0.299. The summed E-state index contributed by atoms with van der Waals surface area (Å²) in [5.74, 6) is -0.905. The molecule has 1 unspecified atom stereocenters. The van der Waals surface area contributed by atoms with Crippen LogP contribution in [0.1, 0.15) is 29.6 Å². The van der Waals surface area contributed by atoms with Crippen molar-refractivity contribution in [1.82, 2.24) is 0 Å². The Balaban J connectivity index is 2.14. The molecule has 0 fully saturated rings. The van der Waals surface area contributed by atoms with Crippen molar-refractivity contribution in [3.05, 3.63) is 40.4 Å². The van der Waals surface area contributed by atoms with Crippen LogP contribution < -0.4 is 5.32 Å². The summed E-state index contributed by atoms with van der Waals surface area (Å²) < 4.78 is 0.784. The molecule has 4 heteroatoms. The van der Waals surface area contributed by atoms with Crippen LogP contribution in [-0.2, 0) is 0 Å². The highest BCUT2D eigenvalue weighted by atomic mass is 79.9. The zero-order chi connectivity index (χ0) is 12.3. The second-order valence-corrected chi connectivity index (χ2v) is 5.08. The van der Waals surface area contributed by atoms with Crippen LogP contribution >= 0.6 is 15.9 Å². The Morgan fingerprint density at radius 3 is 2.82 bits per heavy atom. The first-order valence-electron chi connectivity index (χ1n) is 5.60. The first-order valence-corrected chi connectivity index (χ1v) is 6.40. The lowest BCUT2D eigenvalue weighted by Gasteiger charge is -2.21. The molecule has 0 saturated heterocycles. The lowest BCUT2D eigenvalue weighted by atomic mass is 10.0. The number of allylic oxidation sites excluding steroid dienone is 1. The summed E-state index contributed by atoms with van der Waals surface area (Å²) in [5.41, 5.74) is 1.16. The molecule has 1 aromatic carbocycles. The van der Waals surface area contributed by atoms with Crippen LogP contribution in [0.3, 0.4) is 0 Å². The largest absolute Gasteiger partial charge is 0.478 e. The third-order valence-corrected chi connectivity index (χ3v) is 3.24. The van der Waals surface area contributed by atoms with Crippen LogP contribution in [0.2, 0.25) is 0 Å². The van der Waals surface area contributed by atoms with Gasteiger partial charge in [-0.25, -0.2) is 4.79 Å². The van der Waals surface area contributed by atoms with E-state index in [9.17, 15) is 4.79 Å². The molecule has 0 saturated carbocycles. The Kier molecular flexibility index (Phi) is 3.84. The number of rotatable bonds is 3. The van der Waals surface area contributed by atoms with Gasteiger partial charge in [0.1, 0.15) is 0 Å². The summed E-state index contributed by atoms with van der Waals surface area (Å²) in [6, 6.07) is 5.58. The van der Waals surface area contributed by atoms with Crippen molar-refractivity contribution in [3.8, 4) is 0 Å². The monoisotopic (exact) mass is 295 g/mol. The van der Waals surface area contributed by atoms with Gasteiger partial charge in [0.2, 0.25) is 0 Å². The van der Waals surface area contributed by atoms with Gasteiger partial charge in [-0.05, 0) is 37.5 Å². The SMILES string of the molecule is O=C(O)c1cc(Br)cc(NC2CC=CCC2)c1. The Morgan fingerprint density at radius 2 is 2.18 bits per heavy atom. The molecule has 0 amide bonds. The smallest absolute Gasteiger partial charge is 0.335 e. The number of aromatic carboxylic acids is 1. The molecule has 0 aromatic heterocycles. The zero-order valence-corrected chi connectivity index (χ0v) is 10.9. The molecule has 3 nitrogen and oxygen atoms in total. The van der Waals surface area contributed by atoms with Crippen molar-refractivity contribution in [2.24, 2.45) is 0 Å². The molecule has 1 aromatic rings. The molecular formula is C13H14BrNO2. The molecule has 1 aliphatic carbocycles. The normalized spacial score (nSPS) is 19.0. The fourth-order valence-corrected chi connectivity index (χ4v) is 2.45. The first-order chi connectivity index (χ1) is 8.15. The number of hydrogen-bond acceptors (Lipinski definition) is 2. The summed E-state index contributed by atoms with van der Waals surface area (Å²) in [7, 11) is 0. The zero-order valence-electron chi connectivity index (χ0n) is 9.32. The van der Waals surface area contributed by atoms with Gasteiger partial charge in [-0.2, -0.15) is 0 Å². The number of hydrogen-bond donors (Lipinski definition) is 2. The van der Waals surface area contributed by atoms with E-state index < -0.39 is 5.97 Å². The third-order valence-electron chi connectivity index (χ3n) is 2.78. The number of carboxylic acid groups (broad SMARTS) is 1. The van der Waals surface area contributed by atoms with Gasteiger partial charge in [0.15, 0.2) is 0 Å². The van der Waals surface area contributed by atoms with E-state index in [1.807, 2.05) is 6.07 Å². The quantitative estimate of drug-likeness (QED) is 0.837. The maximum Gasteiger partial charge on any atom is 0.335 e. The van der Waals surface area contributed by atoms with Gasteiger partial charge in [0.25, 0.3) is 0 Å². The molecule has 2 N–H and O–H groups in total. The van der Waals surface area contributed by atoms with Gasteiger partial charge in [-0.3, -0.25) is 0 Å². The Morgan fingerprint density at radius 1 is 1.35 bits per heavy atom. The van der Waals surface area contributed by atoms with Crippen molar-refractivity contribution in [2.75, 3.05) is 5.32 Å². The van der Waals surface area contributed by atoms with E-state index in [4.69, 9.17) is 5.11 Å². The van der Waals surface area contributed by atoms with Gasteiger partial charge in [0.05, 0.1) is 5.56 Å². The fraction of sp³-hybridized carbons (Fsp3) is 0.308.